The van der Waals surface area contributed by atoms with Gasteiger partial charge in [-0.15, -0.1) is 0 Å². The molecule has 0 spiro atoms. The Kier molecular flexibility index (Phi) is 8.14. The summed E-state index contributed by atoms with van der Waals surface area (Å²) in [6, 6.07) is 19.3. The van der Waals surface area contributed by atoms with Crippen molar-refractivity contribution in [3.8, 4) is 17.2 Å². The van der Waals surface area contributed by atoms with Crippen LogP contribution in [-0.2, 0) is 19.5 Å². The Hall–Kier alpha value is -4.21. The number of halogens is 2. The summed E-state index contributed by atoms with van der Waals surface area (Å²) >= 11 is 12.2. The zero-order chi connectivity index (χ0) is 28.2. The van der Waals surface area contributed by atoms with Gasteiger partial charge in [0.2, 0.25) is 5.95 Å². The molecule has 2 N–H and O–H groups in total. The van der Waals surface area contributed by atoms with Crippen LogP contribution in [-0.4, -0.2) is 41.2 Å². The van der Waals surface area contributed by atoms with Crippen LogP contribution in [0, 0.1) is 0 Å². The fourth-order valence-electron chi connectivity index (χ4n) is 4.45. The van der Waals surface area contributed by atoms with Crippen LogP contribution in [0.4, 0.5) is 16.4 Å². The molecule has 9 nitrogen and oxygen atoms in total. The highest BCUT2D eigenvalue weighted by Crippen LogP contribution is 2.27. The van der Waals surface area contributed by atoms with E-state index in [0.29, 0.717) is 63.9 Å². The number of carbonyl (C=O) groups is 1. The van der Waals surface area contributed by atoms with Gasteiger partial charge in [0.15, 0.2) is 0 Å². The Morgan fingerprint density at radius 2 is 1.65 bits per heavy atom. The summed E-state index contributed by atoms with van der Waals surface area (Å²) in [5, 5.41) is 6.93. The average Bonchev–Trinajstić information content (AvgIpc) is 2.97. The quantitative estimate of drug-likeness (QED) is 0.289. The van der Waals surface area contributed by atoms with Crippen LogP contribution in [0.15, 0.2) is 71.5 Å². The van der Waals surface area contributed by atoms with E-state index in [1.165, 1.54) is 4.57 Å². The minimum absolute atomic E-state index is 0.104. The number of aromatic nitrogens is 2. The van der Waals surface area contributed by atoms with E-state index in [0.717, 1.165) is 11.3 Å². The molecular formula is C29H27Cl2N5O4. The van der Waals surface area contributed by atoms with E-state index in [1.54, 1.807) is 61.6 Å². The molecule has 0 saturated carbocycles. The number of fused-ring (bicyclic) bond motifs is 1. The summed E-state index contributed by atoms with van der Waals surface area (Å²) in [5.41, 5.74) is 2.91. The first-order valence-electron chi connectivity index (χ1n) is 12.5. The summed E-state index contributed by atoms with van der Waals surface area (Å²) in [4.78, 5) is 33.4. The van der Waals surface area contributed by atoms with E-state index in [9.17, 15) is 9.59 Å². The van der Waals surface area contributed by atoms with Crippen LogP contribution in [0.25, 0.3) is 5.69 Å². The number of methoxy groups -OCH3 is 2. The number of nitrogens with zero attached hydrogens (tertiary/aromatic N) is 3. The maximum Gasteiger partial charge on any atom is 0.322 e. The molecule has 5 rings (SSSR count). The van der Waals surface area contributed by atoms with Gasteiger partial charge in [0.05, 0.1) is 48.4 Å². The Morgan fingerprint density at radius 1 is 0.975 bits per heavy atom. The molecule has 0 radical (unpaired) electrons. The van der Waals surface area contributed by atoms with Crippen molar-refractivity contribution >= 4 is 40.9 Å². The lowest BCUT2D eigenvalue weighted by atomic mass is 10.1. The number of rotatable bonds is 7. The number of hydrogen-bond donors (Lipinski definition) is 2. The van der Waals surface area contributed by atoms with E-state index in [2.05, 4.69) is 10.6 Å². The van der Waals surface area contributed by atoms with Crippen molar-refractivity contribution in [2.45, 2.75) is 19.5 Å². The second-order valence-electron chi connectivity index (χ2n) is 9.13. The van der Waals surface area contributed by atoms with E-state index in [-0.39, 0.29) is 18.1 Å². The lowest BCUT2D eigenvalue weighted by molar-refractivity contribution is 0.205. The first-order chi connectivity index (χ1) is 19.4. The number of ether oxygens (including phenoxy) is 2. The predicted octanol–water partition coefficient (Wildman–Crippen LogP) is 5.76. The normalized spacial score (nSPS) is 12.4. The van der Waals surface area contributed by atoms with Gasteiger partial charge in [-0.3, -0.25) is 4.79 Å². The van der Waals surface area contributed by atoms with Gasteiger partial charge in [-0.25, -0.2) is 14.3 Å². The molecule has 0 atom stereocenters. The third kappa shape index (κ3) is 5.85. The van der Waals surface area contributed by atoms with Crippen molar-refractivity contribution in [3.05, 3.63) is 104 Å². The van der Waals surface area contributed by atoms with Gasteiger partial charge in [0.1, 0.15) is 11.5 Å². The van der Waals surface area contributed by atoms with Crippen LogP contribution in [0.2, 0.25) is 10.0 Å². The predicted molar refractivity (Wildman–Crippen MR) is 156 cm³/mol. The number of nitrogens with one attached hydrogen (secondary N) is 2. The molecule has 3 aromatic carbocycles. The van der Waals surface area contributed by atoms with Crippen LogP contribution in [0.3, 0.4) is 0 Å². The highest BCUT2D eigenvalue weighted by Gasteiger charge is 2.27. The molecular weight excluding hydrogens is 553 g/mol. The highest BCUT2D eigenvalue weighted by molar-refractivity contribution is 6.36. The number of anilines is 2. The van der Waals surface area contributed by atoms with Gasteiger partial charge in [-0.1, -0.05) is 35.3 Å². The topological polar surface area (TPSA) is 97.7 Å². The number of urea groups is 1. The third-order valence-corrected chi connectivity index (χ3v) is 7.18. The second kappa shape index (κ2) is 11.9. The minimum atomic E-state index is -0.369. The molecule has 40 heavy (non-hydrogen) atoms. The van der Waals surface area contributed by atoms with Gasteiger partial charge >= 0.3 is 6.03 Å². The van der Waals surface area contributed by atoms with E-state index in [4.69, 9.17) is 37.7 Å². The summed E-state index contributed by atoms with van der Waals surface area (Å²) < 4.78 is 12.1. The Labute approximate surface area is 241 Å². The molecule has 0 bridgehead atoms. The van der Waals surface area contributed by atoms with Gasteiger partial charge < -0.3 is 25.0 Å². The largest absolute Gasteiger partial charge is 0.497 e. The lowest BCUT2D eigenvalue weighted by Crippen LogP contribution is -2.43. The maximum absolute atomic E-state index is 13.9. The van der Waals surface area contributed by atoms with Crippen molar-refractivity contribution in [1.29, 1.82) is 0 Å². The fourth-order valence-corrected chi connectivity index (χ4v) is 4.90. The molecule has 11 heteroatoms. The van der Waals surface area contributed by atoms with E-state index in [1.807, 2.05) is 24.3 Å². The molecule has 4 aromatic rings. The summed E-state index contributed by atoms with van der Waals surface area (Å²) in [6.07, 6.45) is 0.424. The maximum atomic E-state index is 13.9. The smallest absolute Gasteiger partial charge is 0.322 e. The van der Waals surface area contributed by atoms with Crippen molar-refractivity contribution in [1.82, 2.24) is 14.5 Å². The molecule has 2 heterocycles. The standard InChI is InChI=1S/C29H27Cl2N5O4/c1-39-21-8-3-18(4-9-21)16-32-28-33-25-13-14-35(29(38)34-26-12-5-19(30)15-24(26)31)17-23(25)27(37)36(28)20-6-10-22(40-2)11-7-20/h3-12,15H,13-14,16-17H2,1-2H3,(H,32,33)(H,34,38). The molecule has 0 saturated heterocycles. The Bertz CT molecular complexity index is 1590. The first-order valence-corrected chi connectivity index (χ1v) is 13.3. The summed E-state index contributed by atoms with van der Waals surface area (Å²) in [5.74, 6) is 1.84. The molecule has 1 aliphatic rings. The van der Waals surface area contributed by atoms with Crippen LogP contribution in [0.1, 0.15) is 16.8 Å². The minimum Gasteiger partial charge on any atom is -0.497 e. The van der Waals surface area contributed by atoms with Gasteiger partial charge in [0.25, 0.3) is 5.56 Å². The number of amides is 2. The van der Waals surface area contributed by atoms with Crippen molar-refractivity contribution in [3.63, 3.8) is 0 Å². The summed E-state index contributed by atoms with van der Waals surface area (Å²) in [6.45, 7) is 0.940. The Morgan fingerprint density at radius 3 is 2.30 bits per heavy atom. The SMILES string of the molecule is COc1ccc(CNc2nc3c(c(=O)n2-c2ccc(OC)cc2)CN(C(=O)Nc2ccc(Cl)cc2Cl)CC3)cc1. The molecule has 1 aromatic heterocycles. The summed E-state index contributed by atoms with van der Waals surface area (Å²) in [7, 11) is 3.20. The van der Waals surface area contributed by atoms with Crippen molar-refractivity contribution in [2.24, 2.45) is 0 Å². The second-order valence-corrected chi connectivity index (χ2v) is 9.97. The monoisotopic (exact) mass is 579 g/mol. The van der Waals surface area contributed by atoms with Crippen LogP contribution < -0.4 is 25.7 Å². The zero-order valence-electron chi connectivity index (χ0n) is 21.9. The van der Waals surface area contributed by atoms with E-state index < -0.39 is 0 Å². The molecule has 206 valence electrons. The number of hydrogen-bond acceptors (Lipinski definition) is 6. The third-order valence-electron chi connectivity index (χ3n) is 6.63. The van der Waals surface area contributed by atoms with Crippen LogP contribution in [0.5, 0.6) is 11.5 Å². The highest BCUT2D eigenvalue weighted by atomic mass is 35.5. The lowest BCUT2D eigenvalue weighted by Gasteiger charge is -2.29. The zero-order valence-corrected chi connectivity index (χ0v) is 23.4. The molecule has 0 fully saturated rings. The first kappa shape index (κ1) is 27.4. The molecule has 0 aliphatic carbocycles. The molecule has 1 aliphatic heterocycles. The molecule has 0 unspecified atom stereocenters. The van der Waals surface area contributed by atoms with Gasteiger partial charge in [0, 0.05) is 24.5 Å². The Balaban J connectivity index is 1.45. The number of carbonyl (C=O) groups excluding carboxylic acids is 1. The fraction of sp³-hybridized carbons (Fsp3) is 0.207. The average molecular weight is 580 g/mol. The number of benzene rings is 3. The van der Waals surface area contributed by atoms with Crippen LogP contribution >= 0.6 is 23.2 Å². The molecule has 2 amide bonds. The van der Waals surface area contributed by atoms with E-state index >= 15 is 0 Å². The van der Waals surface area contributed by atoms with Gasteiger partial charge in [-0.2, -0.15) is 0 Å². The van der Waals surface area contributed by atoms with Gasteiger partial charge in [-0.05, 0) is 60.2 Å². The van der Waals surface area contributed by atoms with Crippen molar-refractivity contribution in [2.75, 3.05) is 31.4 Å². The van der Waals surface area contributed by atoms with Crippen molar-refractivity contribution < 1.29 is 14.3 Å².